The number of carbonyl (C=O) groups is 2. The third kappa shape index (κ3) is 6.92. The van der Waals surface area contributed by atoms with E-state index >= 15 is 0 Å². The van der Waals surface area contributed by atoms with Crippen LogP contribution in [0.2, 0.25) is 0 Å². The van der Waals surface area contributed by atoms with Gasteiger partial charge in [0.2, 0.25) is 0 Å². The van der Waals surface area contributed by atoms with Crippen molar-refractivity contribution in [1.82, 2.24) is 5.43 Å². The Morgan fingerprint density at radius 1 is 1.03 bits per heavy atom. The molecule has 0 aliphatic rings. The van der Waals surface area contributed by atoms with E-state index in [1.807, 2.05) is 32.0 Å². The lowest BCUT2D eigenvalue weighted by Gasteiger charge is -2.09. The Kier molecular flexibility index (Phi) is 8.21. The molecule has 0 saturated heterocycles. The molecule has 8 heteroatoms. The number of hydrogen-bond acceptors (Lipinski definition) is 5. The van der Waals surface area contributed by atoms with Crippen LogP contribution in [0.25, 0.3) is 0 Å². The fraction of sp³-hybridized carbons (Fsp3) is 0.160. The lowest BCUT2D eigenvalue weighted by Crippen LogP contribution is -2.20. The summed E-state index contributed by atoms with van der Waals surface area (Å²) in [6.07, 6.45) is 1.49. The van der Waals surface area contributed by atoms with Gasteiger partial charge >= 0.3 is 0 Å². The topological polar surface area (TPSA) is 89.0 Å². The first-order valence-corrected chi connectivity index (χ1v) is 10.9. The molecular formula is C25H24BrN3O4. The molecule has 0 atom stereocenters. The smallest absolute Gasteiger partial charge is 0.275 e. The third-order valence-electron chi connectivity index (χ3n) is 4.80. The number of rotatable bonds is 8. The number of carbonyl (C=O) groups excluding carboxylic acids is 2. The third-order valence-corrected chi connectivity index (χ3v) is 5.30. The van der Waals surface area contributed by atoms with Crippen LogP contribution in [0.1, 0.15) is 27.0 Å². The van der Waals surface area contributed by atoms with Gasteiger partial charge in [-0.15, -0.1) is 0 Å². The normalized spacial score (nSPS) is 10.7. The lowest BCUT2D eigenvalue weighted by molar-refractivity contribution is -0.118. The second kappa shape index (κ2) is 11.3. The average molecular weight is 510 g/mol. The minimum absolute atomic E-state index is 0.132. The molecule has 0 aliphatic carbocycles. The summed E-state index contributed by atoms with van der Waals surface area (Å²) in [5, 5.41) is 6.82. The number of ether oxygens (including phenoxy) is 2. The summed E-state index contributed by atoms with van der Waals surface area (Å²) in [6.45, 7) is 3.88. The van der Waals surface area contributed by atoms with E-state index in [2.05, 4.69) is 31.8 Å². The van der Waals surface area contributed by atoms with Gasteiger partial charge in [0.05, 0.1) is 18.9 Å². The number of nitrogens with one attached hydrogen (secondary N) is 2. The number of hydrazone groups is 1. The maximum absolute atomic E-state index is 12.4. The van der Waals surface area contributed by atoms with E-state index in [1.54, 1.807) is 42.5 Å². The summed E-state index contributed by atoms with van der Waals surface area (Å²) < 4.78 is 11.6. The van der Waals surface area contributed by atoms with Crippen molar-refractivity contribution in [2.75, 3.05) is 19.0 Å². The fourth-order valence-corrected chi connectivity index (χ4v) is 3.29. The lowest BCUT2D eigenvalue weighted by atomic mass is 10.1. The number of methoxy groups -OCH3 is 1. The number of amides is 2. The van der Waals surface area contributed by atoms with E-state index in [0.717, 1.165) is 21.3 Å². The van der Waals surface area contributed by atoms with Crippen molar-refractivity contribution >= 4 is 39.6 Å². The van der Waals surface area contributed by atoms with Crippen molar-refractivity contribution in [2.24, 2.45) is 5.10 Å². The molecule has 0 radical (unpaired) electrons. The summed E-state index contributed by atoms with van der Waals surface area (Å²) in [7, 11) is 1.50. The van der Waals surface area contributed by atoms with Crippen molar-refractivity contribution in [3.8, 4) is 11.5 Å². The summed E-state index contributed by atoms with van der Waals surface area (Å²) >= 11 is 3.34. The second-order valence-electron chi connectivity index (χ2n) is 7.25. The molecule has 3 aromatic rings. The second-order valence-corrected chi connectivity index (χ2v) is 8.17. The van der Waals surface area contributed by atoms with Gasteiger partial charge in [-0.2, -0.15) is 5.10 Å². The van der Waals surface area contributed by atoms with Gasteiger partial charge in [0.15, 0.2) is 6.61 Å². The van der Waals surface area contributed by atoms with Crippen LogP contribution in [0, 0.1) is 13.8 Å². The first kappa shape index (κ1) is 24.0. The highest BCUT2D eigenvalue weighted by Crippen LogP contribution is 2.22. The van der Waals surface area contributed by atoms with Gasteiger partial charge in [-0.1, -0.05) is 34.1 Å². The fourth-order valence-electron chi connectivity index (χ4n) is 2.93. The zero-order valence-electron chi connectivity index (χ0n) is 18.5. The summed E-state index contributed by atoms with van der Waals surface area (Å²) in [5.74, 6) is 0.293. The first-order valence-electron chi connectivity index (χ1n) is 10.1. The summed E-state index contributed by atoms with van der Waals surface area (Å²) in [4.78, 5) is 24.6. The monoisotopic (exact) mass is 509 g/mol. The Labute approximate surface area is 200 Å². The highest BCUT2D eigenvalue weighted by Gasteiger charge is 2.12. The minimum atomic E-state index is -0.403. The van der Waals surface area contributed by atoms with Gasteiger partial charge in [-0.3, -0.25) is 9.59 Å². The predicted molar refractivity (Wildman–Crippen MR) is 132 cm³/mol. The van der Waals surface area contributed by atoms with E-state index in [0.29, 0.717) is 22.6 Å². The molecule has 0 aromatic heterocycles. The van der Waals surface area contributed by atoms with Crippen molar-refractivity contribution < 1.29 is 19.1 Å². The molecule has 3 rings (SSSR count). The van der Waals surface area contributed by atoms with Crippen LogP contribution in [-0.2, 0) is 4.79 Å². The van der Waals surface area contributed by atoms with E-state index in [4.69, 9.17) is 9.47 Å². The molecule has 0 heterocycles. The Bertz CT molecular complexity index is 1190. The molecule has 0 fully saturated rings. The predicted octanol–water partition coefficient (Wildman–Crippen LogP) is 4.86. The number of halogens is 1. The molecule has 3 aromatic carbocycles. The van der Waals surface area contributed by atoms with Crippen molar-refractivity contribution in [3.63, 3.8) is 0 Å². The van der Waals surface area contributed by atoms with Crippen LogP contribution in [0.15, 0.2) is 70.2 Å². The molecule has 0 aliphatic heterocycles. The van der Waals surface area contributed by atoms with Gasteiger partial charge in [-0.25, -0.2) is 5.43 Å². The van der Waals surface area contributed by atoms with E-state index in [-0.39, 0.29) is 12.5 Å². The van der Waals surface area contributed by atoms with Crippen molar-refractivity contribution in [3.05, 3.63) is 87.4 Å². The SMILES string of the molecule is COc1ccc(Br)cc1C(=O)N/N=C\c1cccc(OCC(=O)Nc2ccc(C)c(C)c2)c1. The Hall–Kier alpha value is -3.65. The maximum Gasteiger partial charge on any atom is 0.275 e. The van der Waals surface area contributed by atoms with E-state index < -0.39 is 5.91 Å². The Morgan fingerprint density at radius 3 is 2.61 bits per heavy atom. The van der Waals surface area contributed by atoms with Crippen LogP contribution in [0.3, 0.4) is 0 Å². The number of anilines is 1. The highest BCUT2D eigenvalue weighted by atomic mass is 79.9. The number of nitrogens with zero attached hydrogens (tertiary/aromatic N) is 1. The van der Waals surface area contributed by atoms with Crippen LogP contribution in [0.4, 0.5) is 5.69 Å². The average Bonchev–Trinajstić information content (AvgIpc) is 2.80. The van der Waals surface area contributed by atoms with Crippen LogP contribution >= 0.6 is 15.9 Å². The van der Waals surface area contributed by atoms with Gasteiger partial charge in [0, 0.05) is 10.2 Å². The molecule has 0 spiro atoms. The largest absolute Gasteiger partial charge is 0.496 e. The minimum Gasteiger partial charge on any atom is -0.496 e. The zero-order valence-corrected chi connectivity index (χ0v) is 20.1. The van der Waals surface area contributed by atoms with Gasteiger partial charge < -0.3 is 14.8 Å². The summed E-state index contributed by atoms with van der Waals surface area (Å²) in [5.41, 5.74) is 6.53. The van der Waals surface area contributed by atoms with Crippen LogP contribution in [-0.4, -0.2) is 31.7 Å². The molecule has 0 unspecified atom stereocenters. The van der Waals surface area contributed by atoms with Gasteiger partial charge in [-0.05, 0) is 73.0 Å². The number of aryl methyl sites for hydroxylation is 2. The van der Waals surface area contributed by atoms with Crippen molar-refractivity contribution in [1.29, 1.82) is 0 Å². The molecule has 2 amide bonds. The number of benzene rings is 3. The summed E-state index contributed by atoms with van der Waals surface area (Å²) in [6, 6.07) is 17.9. The first-order chi connectivity index (χ1) is 15.9. The zero-order chi connectivity index (χ0) is 23.8. The Balaban J connectivity index is 1.55. The maximum atomic E-state index is 12.4. The molecule has 0 saturated carbocycles. The van der Waals surface area contributed by atoms with Crippen molar-refractivity contribution in [2.45, 2.75) is 13.8 Å². The molecule has 170 valence electrons. The van der Waals surface area contributed by atoms with Crippen LogP contribution < -0.4 is 20.2 Å². The highest BCUT2D eigenvalue weighted by molar-refractivity contribution is 9.10. The molecule has 0 bridgehead atoms. The number of hydrogen-bond donors (Lipinski definition) is 2. The van der Waals surface area contributed by atoms with Crippen LogP contribution in [0.5, 0.6) is 11.5 Å². The molecule has 2 N–H and O–H groups in total. The van der Waals surface area contributed by atoms with Gasteiger partial charge in [0.1, 0.15) is 11.5 Å². The molecule has 7 nitrogen and oxygen atoms in total. The van der Waals surface area contributed by atoms with E-state index in [1.165, 1.54) is 13.3 Å². The molecular weight excluding hydrogens is 486 g/mol. The molecule has 33 heavy (non-hydrogen) atoms. The Morgan fingerprint density at radius 2 is 1.85 bits per heavy atom. The van der Waals surface area contributed by atoms with Gasteiger partial charge in [0.25, 0.3) is 11.8 Å². The van der Waals surface area contributed by atoms with E-state index in [9.17, 15) is 9.59 Å². The quantitative estimate of drug-likeness (QED) is 0.335. The standard InChI is InChI=1S/C25H24BrN3O4/c1-16-7-9-20(11-17(16)2)28-24(30)15-33-21-6-4-5-18(12-21)14-27-29-25(31)22-13-19(26)8-10-23(22)32-3/h4-14H,15H2,1-3H3,(H,28,30)(H,29,31)/b27-14-.